The summed E-state index contributed by atoms with van der Waals surface area (Å²) < 4.78 is 6.27. The zero-order valence-electron chi connectivity index (χ0n) is 17.0. The van der Waals surface area contributed by atoms with Crippen LogP contribution in [-0.2, 0) is 17.9 Å². The third-order valence-electron chi connectivity index (χ3n) is 4.66. The van der Waals surface area contributed by atoms with Crippen molar-refractivity contribution in [2.45, 2.75) is 13.1 Å². The highest BCUT2D eigenvalue weighted by atomic mass is 79.9. The second kappa shape index (κ2) is 10.2. The number of carbonyl (C=O) groups is 2. The van der Waals surface area contributed by atoms with E-state index in [1.54, 1.807) is 43.6 Å². The van der Waals surface area contributed by atoms with Gasteiger partial charge in [0.2, 0.25) is 5.91 Å². The van der Waals surface area contributed by atoms with E-state index >= 15 is 0 Å². The van der Waals surface area contributed by atoms with Crippen LogP contribution in [0.25, 0.3) is 0 Å². The number of hydrogen-bond donors (Lipinski definition) is 1. The molecule has 0 spiro atoms. The minimum absolute atomic E-state index is 0.0964. The van der Waals surface area contributed by atoms with E-state index in [4.69, 9.17) is 4.42 Å². The molecule has 0 saturated carbocycles. The summed E-state index contributed by atoms with van der Waals surface area (Å²) in [5.41, 5.74) is 2.13. The molecule has 0 aliphatic rings. The molecular weight excluding hydrogens is 446 g/mol. The second-order valence-electron chi connectivity index (χ2n) is 7.03. The summed E-state index contributed by atoms with van der Waals surface area (Å²) in [4.78, 5) is 29.0. The Hall–Kier alpha value is -2.90. The first-order valence-corrected chi connectivity index (χ1v) is 10.3. The average molecular weight is 470 g/mol. The predicted molar refractivity (Wildman–Crippen MR) is 120 cm³/mol. The van der Waals surface area contributed by atoms with Crippen molar-refractivity contribution in [2.75, 3.05) is 25.5 Å². The summed E-state index contributed by atoms with van der Waals surface area (Å²) >= 11 is 3.43. The molecule has 0 saturated heterocycles. The zero-order chi connectivity index (χ0) is 21.5. The number of nitrogens with zero attached hydrogens (tertiary/aromatic N) is 2. The van der Waals surface area contributed by atoms with Crippen LogP contribution in [0, 0.1) is 0 Å². The lowest BCUT2D eigenvalue weighted by molar-refractivity contribution is -0.119. The Bertz CT molecular complexity index is 987. The van der Waals surface area contributed by atoms with E-state index in [2.05, 4.69) is 21.2 Å². The van der Waals surface area contributed by atoms with Gasteiger partial charge in [-0.15, -0.1) is 0 Å². The van der Waals surface area contributed by atoms with Crippen molar-refractivity contribution in [3.63, 3.8) is 0 Å². The molecule has 1 N–H and O–H groups in total. The highest BCUT2D eigenvalue weighted by Gasteiger charge is 2.19. The minimum atomic E-state index is -0.259. The summed E-state index contributed by atoms with van der Waals surface area (Å²) in [6, 6.07) is 18.6. The van der Waals surface area contributed by atoms with E-state index in [1.807, 2.05) is 42.3 Å². The van der Waals surface area contributed by atoms with Crippen LogP contribution in [0.5, 0.6) is 0 Å². The monoisotopic (exact) mass is 469 g/mol. The first-order valence-electron chi connectivity index (χ1n) is 9.53. The Kier molecular flexibility index (Phi) is 7.43. The molecule has 0 bridgehead atoms. The van der Waals surface area contributed by atoms with Crippen LogP contribution in [0.4, 0.5) is 5.69 Å². The molecule has 30 heavy (non-hydrogen) atoms. The summed E-state index contributed by atoms with van der Waals surface area (Å²) in [7, 11) is 3.59. The van der Waals surface area contributed by atoms with Gasteiger partial charge in [-0.3, -0.25) is 14.5 Å². The fourth-order valence-electron chi connectivity index (χ4n) is 3.06. The molecule has 0 unspecified atom stereocenters. The molecule has 0 aliphatic carbocycles. The highest BCUT2D eigenvalue weighted by Crippen LogP contribution is 2.20. The third kappa shape index (κ3) is 5.81. The van der Waals surface area contributed by atoms with E-state index < -0.39 is 0 Å². The molecule has 2 aromatic carbocycles. The third-order valence-corrected chi connectivity index (χ3v) is 5.19. The molecule has 3 rings (SSSR count). The molecule has 0 aliphatic heterocycles. The maximum absolute atomic E-state index is 12.8. The normalized spacial score (nSPS) is 10.8. The summed E-state index contributed by atoms with van der Waals surface area (Å²) in [6.45, 7) is 1.17. The van der Waals surface area contributed by atoms with Crippen LogP contribution < -0.4 is 10.2 Å². The number of anilines is 1. The van der Waals surface area contributed by atoms with E-state index in [0.29, 0.717) is 23.6 Å². The van der Waals surface area contributed by atoms with Crippen LogP contribution in [0.1, 0.15) is 21.7 Å². The Morgan fingerprint density at radius 2 is 1.73 bits per heavy atom. The summed E-state index contributed by atoms with van der Waals surface area (Å²) in [6.07, 6.45) is 1.56. The number of furan rings is 1. The van der Waals surface area contributed by atoms with Gasteiger partial charge in [0.05, 0.1) is 30.6 Å². The van der Waals surface area contributed by atoms with Crippen molar-refractivity contribution in [2.24, 2.45) is 0 Å². The van der Waals surface area contributed by atoms with Gasteiger partial charge in [-0.25, -0.2) is 0 Å². The molecule has 3 aromatic rings. The molecule has 1 aromatic heterocycles. The topological polar surface area (TPSA) is 65.8 Å². The lowest BCUT2D eigenvalue weighted by Crippen LogP contribution is -2.37. The fourth-order valence-corrected chi connectivity index (χ4v) is 3.33. The van der Waals surface area contributed by atoms with Crippen LogP contribution in [0.2, 0.25) is 0 Å². The fraction of sp³-hybridized carbons (Fsp3) is 0.217. The number of amides is 2. The largest absolute Gasteiger partial charge is 0.467 e. The first-order chi connectivity index (χ1) is 14.4. The van der Waals surface area contributed by atoms with Crippen molar-refractivity contribution < 1.29 is 14.0 Å². The molecule has 0 atom stereocenters. The molecular formula is C23H24BrN3O3. The van der Waals surface area contributed by atoms with Crippen molar-refractivity contribution >= 4 is 33.4 Å². The van der Waals surface area contributed by atoms with E-state index in [1.165, 1.54) is 4.90 Å². The SMILES string of the molecule is CN(CC(=O)N(C)c1ccccc1C(=O)NCc1ccco1)Cc1ccc(Br)cc1. The number of nitrogens with one attached hydrogen (secondary N) is 1. The standard InChI is InChI=1S/C23H24BrN3O3/c1-26(15-17-9-11-18(24)12-10-17)16-22(28)27(2)21-8-4-3-7-20(21)23(29)25-14-19-6-5-13-30-19/h3-13H,14-16H2,1-2H3,(H,25,29). The van der Waals surface area contributed by atoms with E-state index in [-0.39, 0.29) is 24.9 Å². The Balaban J connectivity index is 1.63. The Labute approximate surface area is 184 Å². The molecule has 6 nitrogen and oxygen atoms in total. The van der Waals surface area contributed by atoms with Gasteiger partial charge in [0.15, 0.2) is 0 Å². The first kappa shape index (κ1) is 21.8. The number of halogens is 1. The maximum atomic E-state index is 12.8. The minimum Gasteiger partial charge on any atom is -0.467 e. The molecule has 156 valence electrons. The summed E-state index contributed by atoms with van der Waals surface area (Å²) in [5.74, 6) is 0.311. The van der Waals surface area contributed by atoms with Crippen LogP contribution in [-0.4, -0.2) is 37.4 Å². The highest BCUT2D eigenvalue weighted by molar-refractivity contribution is 9.10. The van der Waals surface area contributed by atoms with Gasteiger partial charge in [-0.2, -0.15) is 0 Å². The molecule has 2 amide bonds. The van der Waals surface area contributed by atoms with Crippen LogP contribution in [0.15, 0.2) is 75.8 Å². The van der Waals surface area contributed by atoms with Crippen LogP contribution >= 0.6 is 15.9 Å². The van der Waals surface area contributed by atoms with Gasteiger partial charge in [0.25, 0.3) is 5.91 Å². The van der Waals surface area contributed by atoms with Gasteiger partial charge < -0.3 is 14.6 Å². The van der Waals surface area contributed by atoms with E-state index in [0.717, 1.165) is 10.0 Å². The number of hydrogen-bond acceptors (Lipinski definition) is 4. The smallest absolute Gasteiger partial charge is 0.253 e. The van der Waals surface area contributed by atoms with Gasteiger partial charge in [0, 0.05) is 18.1 Å². The number of benzene rings is 2. The molecule has 7 heteroatoms. The second-order valence-corrected chi connectivity index (χ2v) is 7.95. The molecule has 0 fully saturated rings. The number of likely N-dealkylation sites (N-methyl/N-ethyl adjacent to an activating group) is 2. The Morgan fingerprint density at radius 3 is 2.43 bits per heavy atom. The molecule has 1 heterocycles. The average Bonchev–Trinajstić information content (AvgIpc) is 3.26. The lowest BCUT2D eigenvalue weighted by atomic mass is 10.1. The van der Waals surface area contributed by atoms with Gasteiger partial charge in [0.1, 0.15) is 5.76 Å². The van der Waals surface area contributed by atoms with Gasteiger partial charge in [-0.05, 0) is 49.0 Å². The van der Waals surface area contributed by atoms with E-state index in [9.17, 15) is 9.59 Å². The number of carbonyl (C=O) groups excluding carboxylic acids is 2. The van der Waals surface area contributed by atoms with Crippen molar-refractivity contribution in [1.29, 1.82) is 0 Å². The Morgan fingerprint density at radius 1 is 1.00 bits per heavy atom. The quantitative estimate of drug-likeness (QED) is 0.539. The van der Waals surface area contributed by atoms with Crippen molar-refractivity contribution in [3.05, 3.63) is 88.3 Å². The lowest BCUT2D eigenvalue weighted by Gasteiger charge is -2.23. The number of para-hydroxylation sites is 1. The van der Waals surface area contributed by atoms with Gasteiger partial charge in [-0.1, -0.05) is 40.2 Å². The van der Waals surface area contributed by atoms with Crippen molar-refractivity contribution in [3.8, 4) is 0 Å². The van der Waals surface area contributed by atoms with Crippen molar-refractivity contribution in [1.82, 2.24) is 10.2 Å². The van der Waals surface area contributed by atoms with Gasteiger partial charge >= 0.3 is 0 Å². The predicted octanol–water partition coefficient (Wildman–Crippen LogP) is 4.07. The molecule has 0 radical (unpaired) electrons. The zero-order valence-corrected chi connectivity index (χ0v) is 18.6. The van der Waals surface area contributed by atoms with Crippen LogP contribution in [0.3, 0.4) is 0 Å². The summed E-state index contributed by atoms with van der Waals surface area (Å²) in [5, 5.41) is 2.83. The number of rotatable bonds is 8. The maximum Gasteiger partial charge on any atom is 0.253 e.